The number of rotatable bonds is 4. The van der Waals surface area contributed by atoms with Crippen LogP contribution in [0.25, 0.3) is 10.9 Å². The van der Waals surface area contributed by atoms with E-state index in [1.165, 1.54) is 25.3 Å². The summed E-state index contributed by atoms with van der Waals surface area (Å²) in [6.07, 6.45) is 1.62. The Bertz CT molecular complexity index is 937. The lowest BCUT2D eigenvalue weighted by Crippen LogP contribution is -2.13. The zero-order valence-corrected chi connectivity index (χ0v) is 13.1. The van der Waals surface area contributed by atoms with Crippen molar-refractivity contribution in [3.63, 3.8) is 0 Å². The molecule has 0 aliphatic heterocycles. The number of aromatic amines is 1. The topological polar surface area (TPSA) is 84.1 Å². The van der Waals surface area contributed by atoms with Crippen molar-refractivity contribution < 1.29 is 13.2 Å². The summed E-state index contributed by atoms with van der Waals surface area (Å²) in [6.45, 7) is 0. The van der Waals surface area contributed by atoms with E-state index in [-0.39, 0.29) is 4.90 Å². The van der Waals surface area contributed by atoms with E-state index in [1.807, 2.05) is 6.07 Å². The second-order valence-electron chi connectivity index (χ2n) is 4.54. The molecule has 0 aliphatic carbocycles. The van der Waals surface area contributed by atoms with E-state index in [0.717, 1.165) is 5.39 Å². The molecule has 2 N–H and O–H groups in total. The maximum Gasteiger partial charge on any atom is 0.262 e. The highest BCUT2D eigenvalue weighted by Crippen LogP contribution is 2.29. The zero-order chi connectivity index (χ0) is 15.7. The van der Waals surface area contributed by atoms with Gasteiger partial charge >= 0.3 is 0 Å². The third-order valence-corrected chi connectivity index (χ3v) is 4.83. The quantitative estimate of drug-likeness (QED) is 0.766. The summed E-state index contributed by atoms with van der Waals surface area (Å²) in [5, 5.41) is 7.84. The number of anilines is 1. The molecule has 0 saturated carbocycles. The average molecular weight is 338 g/mol. The highest BCUT2D eigenvalue weighted by Gasteiger charge is 2.18. The molecular weight excluding hydrogens is 326 g/mol. The van der Waals surface area contributed by atoms with Crippen LogP contribution in [0.3, 0.4) is 0 Å². The number of halogens is 1. The molecule has 1 aromatic heterocycles. The summed E-state index contributed by atoms with van der Waals surface area (Å²) in [5.74, 6) is 0.296. The van der Waals surface area contributed by atoms with Gasteiger partial charge in [0.1, 0.15) is 5.75 Å². The molecular formula is C14H12ClN3O3S. The van der Waals surface area contributed by atoms with Crippen LogP contribution in [0, 0.1) is 0 Å². The van der Waals surface area contributed by atoms with Crippen molar-refractivity contribution in [1.82, 2.24) is 10.2 Å². The van der Waals surface area contributed by atoms with Gasteiger partial charge in [-0.2, -0.15) is 5.10 Å². The number of H-pyrrole nitrogens is 1. The number of aromatic nitrogens is 2. The molecule has 3 aromatic rings. The highest BCUT2D eigenvalue weighted by molar-refractivity contribution is 7.92. The second kappa shape index (κ2) is 5.51. The van der Waals surface area contributed by atoms with Gasteiger partial charge in [-0.1, -0.05) is 23.7 Å². The molecule has 0 atom stereocenters. The number of sulfonamides is 1. The number of methoxy groups -OCH3 is 1. The van der Waals surface area contributed by atoms with Gasteiger partial charge in [-0.15, -0.1) is 0 Å². The van der Waals surface area contributed by atoms with Gasteiger partial charge in [-0.25, -0.2) is 8.42 Å². The Kier molecular flexibility index (Phi) is 3.67. The number of nitrogens with one attached hydrogen (secondary N) is 2. The molecule has 0 aliphatic rings. The molecule has 6 nitrogen and oxygen atoms in total. The van der Waals surface area contributed by atoms with Gasteiger partial charge in [0.15, 0.2) is 0 Å². The maximum atomic E-state index is 12.5. The van der Waals surface area contributed by atoms with Crippen LogP contribution in [0.15, 0.2) is 47.5 Å². The van der Waals surface area contributed by atoms with Gasteiger partial charge < -0.3 is 4.74 Å². The van der Waals surface area contributed by atoms with Crippen LogP contribution in [0.1, 0.15) is 0 Å². The molecule has 0 bridgehead atoms. The summed E-state index contributed by atoms with van der Waals surface area (Å²) < 4.78 is 32.6. The van der Waals surface area contributed by atoms with Crippen LogP contribution < -0.4 is 9.46 Å². The Labute approximate surface area is 132 Å². The van der Waals surface area contributed by atoms with Crippen LogP contribution in [0.5, 0.6) is 5.75 Å². The van der Waals surface area contributed by atoms with E-state index >= 15 is 0 Å². The summed E-state index contributed by atoms with van der Waals surface area (Å²) in [7, 11) is -2.34. The Morgan fingerprint density at radius 3 is 2.86 bits per heavy atom. The Balaban J connectivity index is 2.02. The van der Waals surface area contributed by atoms with E-state index in [1.54, 1.807) is 18.3 Å². The van der Waals surface area contributed by atoms with E-state index in [9.17, 15) is 8.42 Å². The van der Waals surface area contributed by atoms with Gasteiger partial charge in [0.05, 0.1) is 34.4 Å². The van der Waals surface area contributed by atoms with Crippen LogP contribution in [0.4, 0.5) is 5.69 Å². The molecule has 114 valence electrons. The number of nitrogens with zero attached hydrogens (tertiary/aromatic N) is 1. The van der Waals surface area contributed by atoms with Crippen LogP contribution in [-0.2, 0) is 10.0 Å². The predicted octanol–water partition coefficient (Wildman–Crippen LogP) is 3.03. The standard InChI is InChI=1S/C14H12ClN3O3S/c1-21-13-7-10(5-6-11(13)15)22(19,20)18-12-4-2-3-9-8-16-17-14(9)12/h2-8,18H,1H3,(H,16,17). The lowest BCUT2D eigenvalue weighted by molar-refractivity contribution is 0.413. The second-order valence-corrected chi connectivity index (χ2v) is 6.63. The van der Waals surface area contributed by atoms with Gasteiger partial charge in [0.2, 0.25) is 0 Å². The number of ether oxygens (including phenoxy) is 1. The van der Waals surface area contributed by atoms with Crippen LogP contribution >= 0.6 is 11.6 Å². The van der Waals surface area contributed by atoms with Crippen molar-refractivity contribution in [3.8, 4) is 5.75 Å². The molecule has 0 radical (unpaired) electrons. The number of hydrogen-bond donors (Lipinski definition) is 2. The molecule has 3 rings (SSSR count). The average Bonchev–Trinajstić information content (AvgIpc) is 2.97. The third kappa shape index (κ3) is 2.60. The van der Waals surface area contributed by atoms with Crippen molar-refractivity contribution in [2.24, 2.45) is 0 Å². The van der Waals surface area contributed by atoms with Gasteiger partial charge in [-0.3, -0.25) is 9.82 Å². The first kappa shape index (κ1) is 14.7. The van der Waals surface area contributed by atoms with E-state index in [4.69, 9.17) is 16.3 Å². The molecule has 2 aromatic carbocycles. The first-order valence-corrected chi connectivity index (χ1v) is 8.16. The minimum Gasteiger partial charge on any atom is -0.495 e. The molecule has 0 unspecified atom stereocenters. The van der Waals surface area contributed by atoms with Crippen molar-refractivity contribution in [2.45, 2.75) is 4.90 Å². The highest BCUT2D eigenvalue weighted by atomic mass is 35.5. The fourth-order valence-electron chi connectivity index (χ4n) is 2.06. The molecule has 0 amide bonds. The minimum atomic E-state index is -3.77. The SMILES string of the molecule is COc1cc(S(=O)(=O)Nc2cccc3cn[nH]c23)ccc1Cl. The van der Waals surface area contributed by atoms with E-state index in [2.05, 4.69) is 14.9 Å². The Morgan fingerprint density at radius 2 is 2.09 bits per heavy atom. The Morgan fingerprint density at radius 1 is 1.27 bits per heavy atom. The summed E-state index contributed by atoms with van der Waals surface area (Å²) >= 11 is 5.92. The third-order valence-electron chi connectivity index (χ3n) is 3.15. The largest absolute Gasteiger partial charge is 0.495 e. The smallest absolute Gasteiger partial charge is 0.262 e. The molecule has 1 heterocycles. The predicted molar refractivity (Wildman–Crippen MR) is 84.9 cm³/mol. The van der Waals surface area contributed by atoms with Crippen molar-refractivity contribution in [3.05, 3.63) is 47.6 Å². The molecule has 8 heteroatoms. The number of hydrogen-bond acceptors (Lipinski definition) is 4. The number of benzene rings is 2. The summed E-state index contributed by atoms with van der Waals surface area (Å²) in [5.41, 5.74) is 1.04. The van der Waals surface area contributed by atoms with Crippen molar-refractivity contribution >= 4 is 38.2 Å². The van der Waals surface area contributed by atoms with Gasteiger partial charge in [0, 0.05) is 11.5 Å². The van der Waals surface area contributed by atoms with Crippen molar-refractivity contribution in [1.29, 1.82) is 0 Å². The number of fused-ring (bicyclic) bond motifs is 1. The van der Waals surface area contributed by atoms with Crippen molar-refractivity contribution in [2.75, 3.05) is 11.8 Å². The first-order valence-electron chi connectivity index (χ1n) is 6.30. The fourth-order valence-corrected chi connectivity index (χ4v) is 3.35. The van der Waals surface area contributed by atoms with Crippen LogP contribution in [-0.4, -0.2) is 25.7 Å². The minimum absolute atomic E-state index is 0.0604. The summed E-state index contributed by atoms with van der Waals surface area (Å²) in [6, 6.07) is 9.51. The first-order chi connectivity index (χ1) is 10.5. The van der Waals surface area contributed by atoms with Gasteiger partial charge in [0.25, 0.3) is 10.0 Å². The van der Waals surface area contributed by atoms with E-state index < -0.39 is 10.0 Å². The summed E-state index contributed by atoms with van der Waals surface area (Å²) in [4.78, 5) is 0.0604. The maximum absolute atomic E-state index is 12.5. The molecule has 0 spiro atoms. The normalized spacial score (nSPS) is 11.5. The molecule has 0 saturated heterocycles. The number of para-hydroxylation sites is 1. The lowest BCUT2D eigenvalue weighted by Gasteiger charge is -2.10. The molecule has 22 heavy (non-hydrogen) atoms. The lowest BCUT2D eigenvalue weighted by atomic mass is 10.2. The molecule has 0 fully saturated rings. The fraction of sp³-hybridized carbons (Fsp3) is 0.0714. The van der Waals surface area contributed by atoms with Crippen LogP contribution in [0.2, 0.25) is 5.02 Å². The zero-order valence-electron chi connectivity index (χ0n) is 11.5. The Hall–Kier alpha value is -2.25. The monoisotopic (exact) mass is 337 g/mol. The van der Waals surface area contributed by atoms with E-state index in [0.29, 0.717) is 22.0 Å². The van der Waals surface area contributed by atoms with Gasteiger partial charge in [-0.05, 0) is 18.2 Å².